The van der Waals surface area contributed by atoms with E-state index >= 15 is 0 Å². The van der Waals surface area contributed by atoms with Crippen molar-refractivity contribution in [3.05, 3.63) is 16.6 Å². The number of hydrogen-bond acceptors (Lipinski definition) is 4. The molecule has 0 aliphatic rings. The molecule has 0 amide bonds. The molecule has 0 aliphatic heterocycles. The maximum Gasteiger partial charge on any atom is 0.403 e. The Morgan fingerprint density at radius 2 is 2.28 bits per heavy atom. The molecule has 18 heavy (non-hydrogen) atoms. The van der Waals surface area contributed by atoms with E-state index < -0.39 is 24.6 Å². The Balaban J connectivity index is 2.64. The lowest BCUT2D eigenvalue weighted by molar-refractivity contribution is -0.192. The third kappa shape index (κ3) is 3.95. The first kappa shape index (κ1) is 14.9. The van der Waals surface area contributed by atoms with Gasteiger partial charge in [0.1, 0.15) is 5.01 Å². The number of rotatable bonds is 6. The van der Waals surface area contributed by atoms with Crippen LogP contribution in [0.5, 0.6) is 0 Å². The van der Waals surface area contributed by atoms with Crippen LogP contribution in [0.4, 0.5) is 13.2 Å². The van der Waals surface area contributed by atoms with Crippen LogP contribution in [0.3, 0.4) is 0 Å². The summed E-state index contributed by atoms with van der Waals surface area (Å²) in [6.45, 7) is 1.14. The number of hydrogen-bond donors (Lipinski definition) is 2. The van der Waals surface area contributed by atoms with Crippen LogP contribution >= 0.6 is 11.3 Å². The monoisotopic (exact) mass is 282 g/mol. The highest BCUT2D eigenvalue weighted by Gasteiger charge is 2.45. The fourth-order valence-electron chi connectivity index (χ4n) is 1.42. The lowest BCUT2D eigenvalue weighted by Crippen LogP contribution is -2.40. The summed E-state index contributed by atoms with van der Waals surface area (Å²) in [5.74, 6) is -4.27. The third-order valence-corrected chi connectivity index (χ3v) is 3.31. The lowest BCUT2D eigenvalue weighted by atomic mass is 10.1. The average Bonchev–Trinajstić information content (AvgIpc) is 2.75. The van der Waals surface area contributed by atoms with Crippen LogP contribution in [-0.2, 0) is 4.79 Å². The van der Waals surface area contributed by atoms with Crippen LogP contribution in [0.2, 0.25) is 0 Å². The summed E-state index contributed by atoms with van der Waals surface area (Å²) in [7, 11) is 0. The minimum absolute atomic E-state index is 0.353. The molecule has 8 heteroatoms. The zero-order valence-corrected chi connectivity index (χ0v) is 10.4. The van der Waals surface area contributed by atoms with Crippen molar-refractivity contribution in [2.24, 2.45) is 5.92 Å². The molecule has 2 N–H and O–H groups in total. The van der Waals surface area contributed by atoms with Crippen molar-refractivity contribution < 1.29 is 23.1 Å². The number of nitrogens with zero attached hydrogens (tertiary/aromatic N) is 1. The molecule has 2 unspecified atom stereocenters. The van der Waals surface area contributed by atoms with Crippen molar-refractivity contribution in [2.45, 2.75) is 25.6 Å². The van der Waals surface area contributed by atoms with Gasteiger partial charge in [0, 0.05) is 18.1 Å². The van der Waals surface area contributed by atoms with Crippen LogP contribution in [0.25, 0.3) is 0 Å². The van der Waals surface area contributed by atoms with Gasteiger partial charge in [0.2, 0.25) is 0 Å². The van der Waals surface area contributed by atoms with E-state index in [1.165, 1.54) is 11.3 Å². The van der Waals surface area contributed by atoms with Crippen molar-refractivity contribution in [2.75, 3.05) is 6.54 Å². The molecule has 4 nitrogen and oxygen atoms in total. The number of aliphatic carboxylic acids is 1. The van der Waals surface area contributed by atoms with E-state index in [-0.39, 0.29) is 6.04 Å². The molecule has 0 spiro atoms. The number of halogens is 3. The van der Waals surface area contributed by atoms with E-state index in [9.17, 15) is 18.0 Å². The Hall–Kier alpha value is -1.15. The topological polar surface area (TPSA) is 62.2 Å². The van der Waals surface area contributed by atoms with Gasteiger partial charge in [-0.25, -0.2) is 4.98 Å². The van der Waals surface area contributed by atoms with Crippen molar-refractivity contribution in [1.29, 1.82) is 0 Å². The van der Waals surface area contributed by atoms with Crippen LogP contribution in [-0.4, -0.2) is 28.8 Å². The first-order valence-electron chi connectivity index (χ1n) is 5.28. The van der Waals surface area contributed by atoms with E-state index in [4.69, 9.17) is 5.11 Å². The number of aromatic nitrogens is 1. The van der Waals surface area contributed by atoms with Crippen molar-refractivity contribution in [3.8, 4) is 0 Å². The summed E-state index contributed by atoms with van der Waals surface area (Å²) < 4.78 is 37.3. The van der Waals surface area contributed by atoms with Gasteiger partial charge in [-0.15, -0.1) is 11.3 Å². The summed E-state index contributed by atoms with van der Waals surface area (Å²) in [5, 5.41) is 13.5. The summed E-state index contributed by atoms with van der Waals surface area (Å²) in [4.78, 5) is 14.6. The normalized spacial score (nSPS) is 15.3. The number of carboxylic acid groups (broad SMARTS) is 1. The first-order valence-corrected chi connectivity index (χ1v) is 6.16. The van der Waals surface area contributed by atoms with Gasteiger partial charge in [-0.2, -0.15) is 13.2 Å². The molecule has 1 aromatic heterocycles. The summed E-state index contributed by atoms with van der Waals surface area (Å²) in [6.07, 6.45) is -2.65. The van der Waals surface area contributed by atoms with E-state index in [2.05, 4.69) is 10.3 Å². The van der Waals surface area contributed by atoms with Crippen LogP contribution < -0.4 is 5.32 Å². The maximum absolute atomic E-state index is 12.4. The van der Waals surface area contributed by atoms with Crippen LogP contribution in [0.15, 0.2) is 11.6 Å². The minimum atomic E-state index is -4.75. The standard InChI is InChI=1S/C10H13F3N2O2S/c1-2-7(8-14-3-4-18-8)15-5-6(9(16)17)10(11,12)13/h3-4,6-7,15H,2,5H2,1H3,(H,16,17). The largest absolute Gasteiger partial charge is 0.481 e. The van der Waals surface area contributed by atoms with Crippen LogP contribution in [0.1, 0.15) is 24.4 Å². The molecular weight excluding hydrogens is 269 g/mol. The molecule has 1 aromatic rings. The van der Waals surface area contributed by atoms with Gasteiger partial charge in [0.15, 0.2) is 5.92 Å². The van der Waals surface area contributed by atoms with Gasteiger partial charge in [-0.3, -0.25) is 4.79 Å². The number of carbonyl (C=O) groups is 1. The number of carboxylic acids is 1. The van der Waals surface area contributed by atoms with Gasteiger partial charge < -0.3 is 10.4 Å². The Morgan fingerprint density at radius 1 is 1.61 bits per heavy atom. The zero-order valence-electron chi connectivity index (χ0n) is 9.57. The second-order valence-corrected chi connectivity index (χ2v) is 4.60. The molecule has 102 valence electrons. The highest BCUT2D eigenvalue weighted by molar-refractivity contribution is 7.09. The quantitative estimate of drug-likeness (QED) is 0.841. The van der Waals surface area contributed by atoms with Gasteiger partial charge in [0.05, 0.1) is 6.04 Å². The molecule has 1 rings (SSSR count). The Bertz CT molecular complexity index is 381. The minimum Gasteiger partial charge on any atom is -0.481 e. The predicted octanol–water partition coefficient (Wildman–Crippen LogP) is 2.45. The molecule has 2 atom stereocenters. The fraction of sp³-hybridized carbons (Fsp3) is 0.600. The van der Waals surface area contributed by atoms with Crippen molar-refractivity contribution >= 4 is 17.3 Å². The maximum atomic E-state index is 12.4. The molecule has 0 bridgehead atoms. The first-order chi connectivity index (χ1) is 8.36. The second kappa shape index (κ2) is 6.14. The van der Waals surface area contributed by atoms with Gasteiger partial charge in [-0.1, -0.05) is 6.92 Å². The van der Waals surface area contributed by atoms with Crippen molar-refractivity contribution in [1.82, 2.24) is 10.3 Å². The zero-order chi connectivity index (χ0) is 13.8. The molecule has 0 radical (unpaired) electrons. The van der Waals surface area contributed by atoms with Gasteiger partial charge in [-0.05, 0) is 6.42 Å². The van der Waals surface area contributed by atoms with Gasteiger partial charge >= 0.3 is 12.1 Å². The molecule has 0 saturated heterocycles. The number of thiazole rings is 1. The highest BCUT2D eigenvalue weighted by atomic mass is 32.1. The molecule has 0 fully saturated rings. The van der Waals surface area contributed by atoms with E-state index in [1.807, 2.05) is 0 Å². The smallest absolute Gasteiger partial charge is 0.403 e. The predicted molar refractivity (Wildman–Crippen MR) is 60.3 cm³/mol. The average molecular weight is 282 g/mol. The summed E-state index contributed by atoms with van der Waals surface area (Å²) in [5.41, 5.74) is 0. The third-order valence-electron chi connectivity index (χ3n) is 2.42. The summed E-state index contributed by atoms with van der Waals surface area (Å²) in [6, 6.07) is -0.353. The second-order valence-electron chi connectivity index (χ2n) is 3.67. The Morgan fingerprint density at radius 3 is 2.67 bits per heavy atom. The lowest BCUT2D eigenvalue weighted by Gasteiger charge is -2.20. The Kier molecular flexibility index (Phi) is 5.09. The Labute approximate surface area is 106 Å². The summed E-state index contributed by atoms with van der Waals surface area (Å²) >= 11 is 1.32. The van der Waals surface area contributed by atoms with Crippen LogP contribution in [0, 0.1) is 5.92 Å². The molecule has 0 aromatic carbocycles. The van der Waals surface area contributed by atoms with Crippen molar-refractivity contribution in [3.63, 3.8) is 0 Å². The van der Waals surface area contributed by atoms with E-state index in [0.29, 0.717) is 11.4 Å². The number of alkyl halides is 3. The molecular formula is C10H13F3N2O2S. The SMILES string of the molecule is CCC(NCC(C(=O)O)C(F)(F)F)c1nccs1. The van der Waals surface area contributed by atoms with E-state index in [1.54, 1.807) is 18.5 Å². The van der Waals surface area contributed by atoms with Gasteiger partial charge in [0.25, 0.3) is 0 Å². The molecule has 0 aliphatic carbocycles. The fourth-order valence-corrected chi connectivity index (χ4v) is 2.21. The number of nitrogens with one attached hydrogen (secondary N) is 1. The molecule has 1 heterocycles. The molecule has 0 saturated carbocycles. The van der Waals surface area contributed by atoms with E-state index in [0.717, 1.165) is 0 Å². The highest BCUT2D eigenvalue weighted by Crippen LogP contribution is 2.27.